The van der Waals surface area contributed by atoms with Crippen LogP contribution in [0, 0.1) is 12.7 Å². The zero-order valence-corrected chi connectivity index (χ0v) is 22.7. The fraction of sp³-hybridized carbons (Fsp3) is 0.115. The zero-order chi connectivity index (χ0) is 26.7. The van der Waals surface area contributed by atoms with E-state index in [2.05, 4.69) is 5.32 Å². The number of carbonyl (C=O) groups is 2. The number of nitrogens with zero attached hydrogens (tertiary/aromatic N) is 1. The largest absolute Gasteiger partial charge is 0.493 e. The molecule has 37 heavy (non-hydrogen) atoms. The molecule has 0 atom stereocenters. The van der Waals surface area contributed by atoms with E-state index in [0.717, 1.165) is 17.3 Å². The Morgan fingerprint density at radius 2 is 1.92 bits per heavy atom. The van der Waals surface area contributed by atoms with Crippen molar-refractivity contribution in [1.82, 2.24) is 0 Å². The van der Waals surface area contributed by atoms with Gasteiger partial charge in [-0.05, 0) is 60.5 Å². The number of thiocarbonyl (C=S) groups is 1. The Morgan fingerprint density at radius 3 is 2.62 bits per heavy atom. The van der Waals surface area contributed by atoms with Gasteiger partial charge in [-0.15, -0.1) is 0 Å². The maximum atomic E-state index is 13.8. The third kappa shape index (κ3) is 6.07. The third-order valence-electron chi connectivity index (χ3n) is 5.25. The quantitative estimate of drug-likeness (QED) is 0.244. The number of carbonyl (C=O) groups excluding carboxylic acids is 2. The van der Waals surface area contributed by atoms with E-state index < -0.39 is 18.3 Å². The number of anilines is 2. The van der Waals surface area contributed by atoms with Crippen LogP contribution >= 0.6 is 47.2 Å². The van der Waals surface area contributed by atoms with Gasteiger partial charge < -0.3 is 14.8 Å². The first-order valence-electron chi connectivity index (χ1n) is 10.8. The molecule has 0 aliphatic carbocycles. The van der Waals surface area contributed by atoms with Crippen molar-refractivity contribution in [3.05, 3.63) is 86.5 Å². The van der Waals surface area contributed by atoms with E-state index in [0.29, 0.717) is 25.5 Å². The van der Waals surface area contributed by atoms with Crippen molar-refractivity contribution >= 4 is 80.8 Å². The Kier molecular flexibility index (Phi) is 8.39. The van der Waals surface area contributed by atoms with Gasteiger partial charge in [0.1, 0.15) is 5.82 Å². The molecule has 1 aliphatic heterocycles. The molecule has 0 unspecified atom stereocenters. The molecule has 3 aromatic carbocycles. The molecule has 1 N–H and O–H groups in total. The summed E-state index contributed by atoms with van der Waals surface area (Å²) in [5, 5.41) is 3.12. The number of nitrogens with one attached hydrogen (secondary N) is 1. The highest BCUT2D eigenvalue weighted by molar-refractivity contribution is 8.27. The summed E-state index contributed by atoms with van der Waals surface area (Å²) in [6.45, 7) is 1.44. The Morgan fingerprint density at radius 1 is 1.16 bits per heavy atom. The normalized spacial score (nSPS) is 14.3. The molecule has 1 aliphatic rings. The summed E-state index contributed by atoms with van der Waals surface area (Å²) in [6, 6.07) is 14.3. The fourth-order valence-corrected chi connectivity index (χ4v) is 5.16. The van der Waals surface area contributed by atoms with Gasteiger partial charge in [0.15, 0.2) is 22.4 Å². The van der Waals surface area contributed by atoms with Crippen LogP contribution in [0.1, 0.15) is 11.1 Å². The first-order valence-corrected chi connectivity index (χ1v) is 12.7. The molecule has 0 saturated carbocycles. The predicted octanol–water partition coefficient (Wildman–Crippen LogP) is 6.87. The SMILES string of the molecule is COc1cc(/C=C2\SC(=S)N(c3ccc(C)c(Cl)c3)C2=O)cc(Cl)c1OCC(=O)Nc1ccccc1F. The predicted molar refractivity (Wildman–Crippen MR) is 150 cm³/mol. The van der Waals surface area contributed by atoms with E-state index >= 15 is 0 Å². The van der Waals surface area contributed by atoms with Crippen LogP contribution in [0.5, 0.6) is 11.5 Å². The van der Waals surface area contributed by atoms with E-state index in [4.69, 9.17) is 44.9 Å². The highest BCUT2D eigenvalue weighted by Gasteiger charge is 2.33. The molecule has 1 saturated heterocycles. The van der Waals surface area contributed by atoms with Crippen molar-refractivity contribution in [3.8, 4) is 11.5 Å². The lowest BCUT2D eigenvalue weighted by Crippen LogP contribution is -2.27. The van der Waals surface area contributed by atoms with Crippen LogP contribution in [0.25, 0.3) is 6.08 Å². The van der Waals surface area contributed by atoms with Crippen LogP contribution in [-0.4, -0.2) is 29.9 Å². The molecule has 0 spiro atoms. The lowest BCUT2D eigenvalue weighted by atomic mass is 10.1. The Bertz CT molecular complexity index is 1450. The summed E-state index contributed by atoms with van der Waals surface area (Å²) in [5.41, 5.74) is 2.07. The zero-order valence-electron chi connectivity index (χ0n) is 19.5. The van der Waals surface area contributed by atoms with Crippen LogP contribution < -0.4 is 19.7 Å². The highest BCUT2D eigenvalue weighted by atomic mass is 35.5. The highest BCUT2D eigenvalue weighted by Crippen LogP contribution is 2.40. The van der Waals surface area contributed by atoms with Gasteiger partial charge in [-0.3, -0.25) is 14.5 Å². The number of halogens is 3. The minimum Gasteiger partial charge on any atom is -0.493 e. The van der Waals surface area contributed by atoms with Crippen LogP contribution in [0.4, 0.5) is 15.8 Å². The monoisotopic (exact) mass is 576 g/mol. The number of ether oxygens (including phenoxy) is 2. The van der Waals surface area contributed by atoms with Gasteiger partial charge in [-0.1, -0.05) is 65.4 Å². The van der Waals surface area contributed by atoms with Gasteiger partial charge in [0, 0.05) is 5.02 Å². The molecule has 0 radical (unpaired) electrons. The van der Waals surface area contributed by atoms with Crippen molar-refractivity contribution in [2.45, 2.75) is 6.92 Å². The van der Waals surface area contributed by atoms with E-state index in [-0.39, 0.29) is 28.1 Å². The summed E-state index contributed by atoms with van der Waals surface area (Å²) in [4.78, 5) is 27.2. The molecule has 6 nitrogen and oxygen atoms in total. The van der Waals surface area contributed by atoms with Crippen molar-refractivity contribution in [1.29, 1.82) is 0 Å². The first-order chi connectivity index (χ1) is 17.7. The van der Waals surface area contributed by atoms with E-state index in [1.165, 1.54) is 30.2 Å². The second-order valence-corrected chi connectivity index (χ2v) is 10.3. The molecule has 190 valence electrons. The molecule has 4 rings (SSSR count). The van der Waals surface area contributed by atoms with Crippen molar-refractivity contribution in [3.63, 3.8) is 0 Å². The molecule has 1 fully saturated rings. The minimum absolute atomic E-state index is 0.0368. The summed E-state index contributed by atoms with van der Waals surface area (Å²) < 4.78 is 25.1. The summed E-state index contributed by atoms with van der Waals surface area (Å²) in [6.07, 6.45) is 1.64. The lowest BCUT2D eigenvalue weighted by molar-refractivity contribution is -0.118. The number of benzene rings is 3. The van der Waals surface area contributed by atoms with Crippen LogP contribution in [-0.2, 0) is 9.59 Å². The number of hydrogen-bond donors (Lipinski definition) is 1. The van der Waals surface area contributed by atoms with Gasteiger partial charge in [0.05, 0.1) is 28.4 Å². The Hall–Kier alpha value is -3.11. The van der Waals surface area contributed by atoms with Crippen molar-refractivity contribution in [2.75, 3.05) is 23.9 Å². The average molecular weight is 577 g/mol. The van der Waals surface area contributed by atoms with Crippen LogP contribution in [0.2, 0.25) is 10.0 Å². The molecular formula is C26H19Cl2FN2O4S2. The van der Waals surface area contributed by atoms with Crippen molar-refractivity contribution < 1.29 is 23.5 Å². The van der Waals surface area contributed by atoms with Crippen molar-refractivity contribution in [2.24, 2.45) is 0 Å². The summed E-state index contributed by atoms with van der Waals surface area (Å²) in [7, 11) is 1.42. The molecule has 11 heteroatoms. The van der Waals surface area contributed by atoms with E-state index in [1.807, 2.05) is 13.0 Å². The third-order valence-corrected chi connectivity index (χ3v) is 7.24. The number of para-hydroxylation sites is 1. The lowest BCUT2D eigenvalue weighted by Gasteiger charge is -2.15. The van der Waals surface area contributed by atoms with E-state index in [9.17, 15) is 14.0 Å². The topological polar surface area (TPSA) is 67.9 Å². The maximum Gasteiger partial charge on any atom is 0.270 e. The number of amides is 2. The first kappa shape index (κ1) is 26.9. The molecule has 0 aromatic heterocycles. The molecule has 1 heterocycles. The standard InChI is InChI=1S/C26H19Cl2FN2O4S2/c1-14-7-8-16(12-17(14)27)31-25(33)22(37-26(31)36)11-15-9-18(28)24(21(10-15)34-2)35-13-23(32)30-20-6-4-3-5-19(20)29/h3-12H,13H2,1-2H3,(H,30,32)/b22-11-. The molecular weight excluding hydrogens is 558 g/mol. The minimum atomic E-state index is -0.577. The number of methoxy groups -OCH3 is 1. The summed E-state index contributed by atoms with van der Waals surface area (Å²) in [5.74, 6) is -1.06. The summed E-state index contributed by atoms with van der Waals surface area (Å²) >= 11 is 19.2. The maximum absolute atomic E-state index is 13.8. The molecule has 3 aromatic rings. The number of thioether (sulfide) groups is 1. The van der Waals surface area contributed by atoms with Gasteiger partial charge in [-0.2, -0.15) is 0 Å². The number of hydrogen-bond acceptors (Lipinski definition) is 6. The molecule has 0 bridgehead atoms. The van der Waals surface area contributed by atoms with Gasteiger partial charge in [0.2, 0.25) is 0 Å². The van der Waals surface area contributed by atoms with Crippen LogP contribution in [0.15, 0.2) is 59.5 Å². The number of aryl methyl sites for hydroxylation is 1. The second-order valence-electron chi connectivity index (χ2n) is 7.80. The average Bonchev–Trinajstić information content (AvgIpc) is 3.13. The van der Waals surface area contributed by atoms with Gasteiger partial charge in [-0.25, -0.2) is 4.39 Å². The Balaban J connectivity index is 1.51. The molecule has 2 amide bonds. The second kappa shape index (κ2) is 11.5. The number of rotatable bonds is 7. The van der Waals surface area contributed by atoms with Gasteiger partial charge in [0.25, 0.3) is 11.8 Å². The fourth-order valence-electron chi connectivity index (χ4n) is 3.41. The van der Waals surface area contributed by atoms with Gasteiger partial charge >= 0.3 is 0 Å². The van der Waals surface area contributed by atoms with Crippen LogP contribution in [0.3, 0.4) is 0 Å². The smallest absolute Gasteiger partial charge is 0.270 e. The van der Waals surface area contributed by atoms with E-state index in [1.54, 1.807) is 36.4 Å². The Labute approximate surface area is 232 Å².